The lowest BCUT2D eigenvalue weighted by atomic mass is 10.1. The quantitative estimate of drug-likeness (QED) is 0.195. The van der Waals surface area contributed by atoms with Crippen molar-refractivity contribution >= 4 is 16.9 Å². The number of rotatable bonds is 13. The van der Waals surface area contributed by atoms with E-state index in [-0.39, 0.29) is 10.9 Å². The maximum absolute atomic E-state index is 8.89. The lowest BCUT2D eigenvalue weighted by Crippen LogP contribution is -2.16. The van der Waals surface area contributed by atoms with Crippen LogP contribution in [0.2, 0.25) is 0 Å². The minimum Gasteiger partial charge on any atom is -0.550 e. The van der Waals surface area contributed by atoms with Crippen molar-refractivity contribution < 1.29 is 14.6 Å². The van der Waals surface area contributed by atoms with Gasteiger partial charge in [-0.1, -0.05) is 88.3 Å². The summed E-state index contributed by atoms with van der Waals surface area (Å²) in [6.07, 6.45) is 10.6. The summed E-state index contributed by atoms with van der Waals surface area (Å²) in [5, 5.41) is 8.89. The predicted octanol–water partition coefficient (Wildman–Crippen LogP) is 7.06. The van der Waals surface area contributed by atoms with Crippen LogP contribution in [0.15, 0.2) is 99.6 Å². The van der Waals surface area contributed by atoms with E-state index in [9.17, 15) is 0 Å². The van der Waals surface area contributed by atoms with Gasteiger partial charge in [-0.05, 0) is 61.9 Å². The van der Waals surface area contributed by atoms with E-state index in [1.807, 2.05) is 0 Å². The molecule has 3 aromatic carbocycles. The van der Waals surface area contributed by atoms with Crippen molar-refractivity contribution in [3.05, 3.63) is 84.9 Å². The van der Waals surface area contributed by atoms with Gasteiger partial charge in [0.05, 0.1) is 17.5 Å². The van der Waals surface area contributed by atoms with Gasteiger partial charge in [0.25, 0.3) is 0 Å². The van der Waals surface area contributed by atoms with Gasteiger partial charge < -0.3 is 14.6 Å². The average Bonchev–Trinajstić information content (AvgIpc) is 2.85. The van der Waals surface area contributed by atoms with Crippen LogP contribution in [0.4, 0.5) is 0 Å². The number of benzene rings is 3. The average molecular weight is 479 g/mol. The monoisotopic (exact) mass is 478 g/mol. The van der Waals surface area contributed by atoms with Gasteiger partial charge >= 0.3 is 0 Å². The number of carboxylic acids is 1. The Morgan fingerprint density at radius 3 is 1.56 bits per heavy atom. The Balaban J connectivity index is 0.000000945. The van der Waals surface area contributed by atoms with E-state index in [0.29, 0.717) is 0 Å². The molecule has 0 amide bonds. The fraction of sp³-hybridized carbons (Fsp3) is 0.367. The molecule has 3 aromatic rings. The third-order valence-electron chi connectivity index (χ3n) is 5.28. The lowest BCUT2D eigenvalue weighted by Gasteiger charge is -2.09. The predicted molar refractivity (Wildman–Crippen MR) is 140 cm³/mol. The summed E-state index contributed by atoms with van der Waals surface area (Å²) in [5.41, 5.74) is 0. The number of hydrogen-bond acceptors (Lipinski definition) is 3. The van der Waals surface area contributed by atoms with Crippen LogP contribution in [0.5, 0.6) is 5.75 Å². The molecule has 0 aliphatic carbocycles. The summed E-state index contributed by atoms with van der Waals surface area (Å²) >= 11 is 0. The van der Waals surface area contributed by atoms with E-state index >= 15 is 0 Å². The van der Waals surface area contributed by atoms with Crippen LogP contribution in [0.25, 0.3) is 0 Å². The third kappa shape index (κ3) is 10.9. The van der Waals surface area contributed by atoms with Gasteiger partial charge in [-0.3, -0.25) is 0 Å². The number of carbonyl (C=O) groups excluding carboxylic acids is 1. The number of hydrogen-bond donors (Lipinski definition) is 0. The fourth-order valence-electron chi connectivity index (χ4n) is 3.62. The second-order valence-electron chi connectivity index (χ2n) is 8.22. The van der Waals surface area contributed by atoms with Crippen molar-refractivity contribution in [1.29, 1.82) is 0 Å². The SMILES string of the molecule is CC(=O)[O-].CCCCCCCCCCOc1ccc([S+](c2ccccc2)c2ccccc2)cc1. The van der Waals surface area contributed by atoms with E-state index in [0.717, 1.165) is 25.7 Å². The summed E-state index contributed by atoms with van der Waals surface area (Å²) in [7, 11) is -0.0923. The van der Waals surface area contributed by atoms with E-state index < -0.39 is 5.97 Å². The summed E-state index contributed by atoms with van der Waals surface area (Å²) in [4.78, 5) is 12.9. The van der Waals surface area contributed by atoms with Crippen molar-refractivity contribution in [2.24, 2.45) is 0 Å². The van der Waals surface area contributed by atoms with Crippen LogP contribution in [-0.2, 0) is 15.7 Å². The maximum Gasteiger partial charge on any atom is 0.166 e. The Hall–Kier alpha value is -2.72. The van der Waals surface area contributed by atoms with Crippen LogP contribution in [-0.4, -0.2) is 12.6 Å². The molecule has 0 atom stereocenters. The zero-order valence-electron chi connectivity index (χ0n) is 20.6. The number of carboxylic acid groups (broad SMARTS) is 1. The molecule has 3 rings (SSSR count). The van der Waals surface area contributed by atoms with Crippen molar-refractivity contribution in [3.63, 3.8) is 0 Å². The summed E-state index contributed by atoms with van der Waals surface area (Å²) in [5.74, 6) is -0.105. The summed E-state index contributed by atoms with van der Waals surface area (Å²) in [6.45, 7) is 4.06. The molecule has 0 spiro atoms. The molecule has 0 fully saturated rings. The standard InChI is InChI=1S/C28H35OS.C2H4O2/c1-2-3-4-5-6-7-8-15-24-29-25-20-22-28(23-21-25)30(26-16-11-9-12-17-26)27-18-13-10-14-19-27;1-2(3)4/h9-14,16-23H,2-8,15,24H2,1H3;1H3,(H,3,4)/q+1;/p-1. The van der Waals surface area contributed by atoms with Gasteiger partial charge in [0, 0.05) is 5.97 Å². The second-order valence-corrected chi connectivity index (χ2v) is 10.2. The highest BCUT2D eigenvalue weighted by Crippen LogP contribution is 2.31. The Bertz CT molecular complexity index is 867. The van der Waals surface area contributed by atoms with Crippen molar-refractivity contribution in [2.45, 2.75) is 79.9 Å². The third-order valence-corrected chi connectivity index (χ3v) is 7.51. The Labute approximate surface area is 208 Å². The van der Waals surface area contributed by atoms with E-state index in [1.165, 1.54) is 59.6 Å². The molecule has 0 heterocycles. The Morgan fingerprint density at radius 1 is 0.676 bits per heavy atom. The first kappa shape index (κ1) is 27.5. The lowest BCUT2D eigenvalue weighted by molar-refractivity contribution is -0.302. The smallest absolute Gasteiger partial charge is 0.166 e. The largest absolute Gasteiger partial charge is 0.550 e. The molecule has 0 saturated carbocycles. The molecule has 3 nitrogen and oxygen atoms in total. The molecule has 4 heteroatoms. The van der Waals surface area contributed by atoms with Gasteiger partial charge in [-0.25, -0.2) is 0 Å². The molecule has 182 valence electrons. The van der Waals surface area contributed by atoms with E-state index in [1.54, 1.807) is 0 Å². The maximum atomic E-state index is 8.89. The van der Waals surface area contributed by atoms with Gasteiger partial charge in [0.2, 0.25) is 0 Å². The first-order valence-corrected chi connectivity index (χ1v) is 13.6. The highest BCUT2D eigenvalue weighted by Gasteiger charge is 2.28. The molecule has 0 saturated heterocycles. The van der Waals surface area contributed by atoms with Crippen LogP contribution in [0, 0.1) is 0 Å². The van der Waals surface area contributed by atoms with Gasteiger partial charge in [0.15, 0.2) is 14.7 Å². The zero-order valence-corrected chi connectivity index (χ0v) is 21.4. The molecule has 0 unspecified atom stereocenters. The molecule has 0 aliphatic rings. The fourth-order valence-corrected chi connectivity index (χ4v) is 5.70. The first-order valence-electron chi connectivity index (χ1n) is 12.4. The van der Waals surface area contributed by atoms with Gasteiger partial charge in [-0.15, -0.1) is 0 Å². The number of carbonyl (C=O) groups is 1. The molecule has 0 bridgehead atoms. The first-order chi connectivity index (χ1) is 16.6. The Kier molecular flexibility index (Phi) is 13.6. The van der Waals surface area contributed by atoms with Crippen molar-refractivity contribution in [3.8, 4) is 5.75 Å². The second kappa shape index (κ2) is 16.8. The number of unbranched alkanes of at least 4 members (excludes halogenated alkanes) is 7. The minimum absolute atomic E-state index is 0.0923. The van der Waals surface area contributed by atoms with Crippen LogP contribution < -0.4 is 9.84 Å². The van der Waals surface area contributed by atoms with Crippen molar-refractivity contribution in [2.75, 3.05) is 6.61 Å². The molecule has 0 aromatic heterocycles. The highest BCUT2D eigenvalue weighted by atomic mass is 32.2. The van der Waals surface area contributed by atoms with Gasteiger partial charge in [0.1, 0.15) is 5.75 Å². The molecular weight excluding hydrogens is 440 g/mol. The van der Waals surface area contributed by atoms with Crippen molar-refractivity contribution in [1.82, 2.24) is 0 Å². The van der Waals surface area contributed by atoms with Crippen LogP contribution in [0.1, 0.15) is 65.2 Å². The van der Waals surface area contributed by atoms with Crippen LogP contribution in [0.3, 0.4) is 0 Å². The minimum atomic E-state index is -1.08. The van der Waals surface area contributed by atoms with Gasteiger partial charge in [-0.2, -0.15) is 0 Å². The topological polar surface area (TPSA) is 49.4 Å². The van der Waals surface area contributed by atoms with E-state index in [4.69, 9.17) is 14.6 Å². The molecular formula is C30H38O3S. The summed E-state index contributed by atoms with van der Waals surface area (Å²) in [6, 6.07) is 30.3. The molecule has 0 aliphatic heterocycles. The highest BCUT2D eigenvalue weighted by molar-refractivity contribution is 7.97. The molecule has 34 heavy (non-hydrogen) atoms. The number of aliphatic carboxylic acids is 1. The molecule has 0 N–H and O–H groups in total. The van der Waals surface area contributed by atoms with E-state index in [2.05, 4.69) is 91.9 Å². The Morgan fingerprint density at radius 2 is 1.09 bits per heavy atom. The normalized spacial score (nSPS) is 10.4. The van der Waals surface area contributed by atoms with Crippen LogP contribution >= 0.6 is 0 Å². The number of ether oxygens (including phenoxy) is 1. The zero-order chi connectivity index (χ0) is 24.4. The molecule has 0 radical (unpaired) electrons. The summed E-state index contributed by atoms with van der Waals surface area (Å²) < 4.78 is 6.00.